The largest absolute Gasteiger partial charge is 0.353 e. The zero-order valence-corrected chi connectivity index (χ0v) is 12.1. The summed E-state index contributed by atoms with van der Waals surface area (Å²) >= 11 is 0. The lowest BCUT2D eigenvalue weighted by molar-refractivity contribution is -0.128. The zero-order valence-electron chi connectivity index (χ0n) is 12.1. The molecule has 1 aliphatic carbocycles. The number of hydrogen-bond acceptors (Lipinski definition) is 2. The normalized spacial score (nSPS) is 36.1. The summed E-state index contributed by atoms with van der Waals surface area (Å²) in [5.41, 5.74) is 0.263. The van der Waals surface area contributed by atoms with Crippen molar-refractivity contribution in [2.75, 3.05) is 6.54 Å². The van der Waals surface area contributed by atoms with E-state index in [0.29, 0.717) is 12.1 Å². The molecule has 1 aliphatic heterocycles. The lowest BCUT2D eigenvalue weighted by atomic mass is 9.73. The van der Waals surface area contributed by atoms with Crippen LogP contribution in [0.1, 0.15) is 59.3 Å². The van der Waals surface area contributed by atoms with Crippen molar-refractivity contribution in [3.8, 4) is 0 Å². The van der Waals surface area contributed by atoms with Gasteiger partial charge in [0.15, 0.2) is 0 Å². The van der Waals surface area contributed by atoms with Crippen molar-refractivity contribution in [3.05, 3.63) is 0 Å². The van der Waals surface area contributed by atoms with Gasteiger partial charge < -0.3 is 10.6 Å². The Morgan fingerprint density at radius 1 is 1.22 bits per heavy atom. The highest BCUT2D eigenvalue weighted by atomic mass is 16.2. The Morgan fingerprint density at radius 3 is 2.67 bits per heavy atom. The lowest BCUT2D eigenvalue weighted by Gasteiger charge is -2.40. The molecule has 0 radical (unpaired) electrons. The van der Waals surface area contributed by atoms with Crippen LogP contribution in [0, 0.1) is 11.3 Å². The fourth-order valence-corrected chi connectivity index (χ4v) is 3.44. The highest BCUT2D eigenvalue weighted by Crippen LogP contribution is 2.35. The Balaban J connectivity index is 1.93. The van der Waals surface area contributed by atoms with Gasteiger partial charge in [-0.25, -0.2) is 0 Å². The molecule has 2 aliphatic rings. The van der Waals surface area contributed by atoms with Gasteiger partial charge in [-0.1, -0.05) is 26.7 Å². The van der Waals surface area contributed by atoms with Crippen LogP contribution < -0.4 is 10.6 Å². The first-order valence-corrected chi connectivity index (χ1v) is 7.54. The third-order valence-corrected chi connectivity index (χ3v) is 4.92. The molecule has 0 spiro atoms. The molecule has 3 heteroatoms. The molecule has 0 bridgehead atoms. The minimum absolute atomic E-state index is 0.163. The minimum atomic E-state index is 0.163. The number of nitrogens with one attached hydrogen (secondary N) is 2. The molecule has 18 heavy (non-hydrogen) atoms. The number of carbonyl (C=O) groups is 1. The Bertz CT molecular complexity index is 301. The van der Waals surface area contributed by atoms with E-state index in [9.17, 15) is 4.79 Å². The molecule has 0 aromatic carbocycles. The highest BCUT2D eigenvalue weighted by molar-refractivity contribution is 5.79. The summed E-state index contributed by atoms with van der Waals surface area (Å²) in [4.78, 5) is 12.4. The van der Waals surface area contributed by atoms with Crippen molar-refractivity contribution in [3.63, 3.8) is 0 Å². The van der Waals surface area contributed by atoms with Crippen molar-refractivity contribution in [1.29, 1.82) is 0 Å². The molecule has 2 fully saturated rings. The van der Waals surface area contributed by atoms with Crippen LogP contribution in [-0.4, -0.2) is 24.5 Å². The van der Waals surface area contributed by atoms with E-state index < -0.39 is 0 Å². The summed E-state index contributed by atoms with van der Waals surface area (Å²) in [5.74, 6) is 0.436. The van der Waals surface area contributed by atoms with Crippen molar-refractivity contribution in [2.45, 2.75) is 71.4 Å². The van der Waals surface area contributed by atoms with Gasteiger partial charge >= 0.3 is 0 Å². The van der Waals surface area contributed by atoms with Crippen LogP contribution >= 0.6 is 0 Å². The molecule has 3 atom stereocenters. The van der Waals surface area contributed by atoms with Crippen LogP contribution in [0.2, 0.25) is 0 Å². The number of carbonyl (C=O) groups excluding carboxylic acids is 1. The molecular weight excluding hydrogens is 224 g/mol. The first-order valence-electron chi connectivity index (χ1n) is 7.54. The molecule has 1 saturated heterocycles. The fourth-order valence-electron chi connectivity index (χ4n) is 3.44. The smallest absolute Gasteiger partial charge is 0.224 e. The molecule has 1 amide bonds. The van der Waals surface area contributed by atoms with Crippen LogP contribution in [0.25, 0.3) is 0 Å². The van der Waals surface area contributed by atoms with Crippen molar-refractivity contribution in [2.24, 2.45) is 11.3 Å². The summed E-state index contributed by atoms with van der Waals surface area (Å²) < 4.78 is 0. The molecule has 0 aromatic rings. The molecule has 104 valence electrons. The monoisotopic (exact) mass is 252 g/mol. The van der Waals surface area contributed by atoms with Crippen molar-refractivity contribution in [1.82, 2.24) is 10.6 Å². The summed E-state index contributed by atoms with van der Waals surface area (Å²) in [6.45, 7) is 7.77. The maximum absolute atomic E-state index is 12.4. The van der Waals surface area contributed by atoms with Crippen LogP contribution in [0.4, 0.5) is 0 Å². The van der Waals surface area contributed by atoms with Gasteiger partial charge in [0, 0.05) is 12.1 Å². The molecule has 1 saturated carbocycles. The number of amides is 1. The Hall–Kier alpha value is -0.570. The Labute approximate surface area is 111 Å². The molecule has 0 aromatic heterocycles. The summed E-state index contributed by atoms with van der Waals surface area (Å²) in [6, 6.07) is 0.693. The van der Waals surface area contributed by atoms with E-state index in [-0.39, 0.29) is 17.2 Å². The second-order valence-corrected chi connectivity index (χ2v) is 6.79. The second-order valence-electron chi connectivity index (χ2n) is 6.79. The second kappa shape index (κ2) is 5.60. The van der Waals surface area contributed by atoms with Gasteiger partial charge in [-0.3, -0.25) is 4.79 Å². The van der Waals surface area contributed by atoms with E-state index in [1.807, 2.05) is 0 Å². The average molecular weight is 252 g/mol. The van der Waals surface area contributed by atoms with E-state index in [2.05, 4.69) is 31.4 Å². The van der Waals surface area contributed by atoms with Crippen LogP contribution in [0.3, 0.4) is 0 Å². The zero-order chi connectivity index (χ0) is 13.2. The third kappa shape index (κ3) is 3.05. The van der Waals surface area contributed by atoms with Crippen molar-refractivity contribution < 1.29 is 4.79 Å². The molecule has 3 unspecified atom stereocenters. The van der Waals surface area contributed by atoms with Gasteiger partial charge in [-0.05, 0) is 44.6 Å². The Morgan fingerprint density at radius 2 is 2.00 bits per heavy atom. The van der Waals surface area contributed by atoms with E-state index in [4.69, 9.17) is 0 Å². The Kier molecular flexibility index (Phi) is 4.31. The molecular formula is C15H28N2O. The van der Waals surface area contributed by atoms with Gasteiger partial charge in [0.25, 0.3) is 0 Å². The summed E-state index contributed by atoms with van der Waals surface area (Å²) in [7, 11) is 0. The summed E-state index contributed by atoms with van der Waals surface area (Å²) in [6.07, 6.45) is 7.10. The van der Waals surface area contributed by atoms with Gasteiger partial charge in [0.2, 0.25) is 5.91 Å². The van der Waals surface area contributed by atoms with Crippen LogP contribution in [0.15, 0.2) is 0 Å². The quantitative estimate of drug-likeness (QED) is 0.792. The van der Waals surface area contributed by atoms with E-state index >= 15 is 0 Å². The van der Waals surface area contributed by atoms with Gasteiger partial charge in [0.1, 0.15) is 0 Å². The van der Waals surface area contributed by atoms with E-state index in [1.165, 1.54) is 19.3 Å². The number of hydrogen-bond donors (Lipinski definition) is 2. The van der Waals surface area contributed by atoms with Crippen LogP contribution in [0.5, 0.6) is 0 Å². The van der Waals surface area contributed by atoms with E-state index in [1.54, 1.807) is 0 Å². The van der Waals surface area contributed by atoms with Gasteiger partial charge in [0.05, 0.1) is 5.92 Å². The minimum Gasteiger partial charge on any atom is -0.353 e. The van der Waals surface area contributed by atoms with Crippen molar-refractivity contribution >= 4 is 5.91 Å². The fraction of sp³-hybridized carbons (Fsp3) is 0.933. The molecule has 2 N–H and O–H groups in total. The highest BCUT2D eigenvalue weighted by Gasteiger charge is 2.35. The molecule has 3 nitrogen and oxygen atoms in total. The predicted octanol–water partition coefficient (Wildman–Crippen LogP) is 2.46. The maximum atomic E-state index is 12.4. The summed E-state index contributed by atoms with van der Waals surface area (Å²) in [5, 5.41) is 6.74. The van der Waals surface area contributed by atoms with Gasteiger partial charge in [-0.15, -0.1) is 0 Å². The maximum Gasteiger partial charge on any atom is 0.224 e. The first kappa shape index (κ1) is 13.9. The predicted molar refractivity (Wildman–Crippen MR) is 74.4 cm³/mol. The number of rotatable bonds is 2. The van der Waals surface area contributed by atoms with Crippen LogP contribution in [-0.2, 0) is 4.79 Å². The SMILES string of the molecule is CC1NCCCC1C(=O)NC1CCCCC1(C)C. The van der Waals surface area contributed by atoms with E-state index in [0.717, 1.165) is 25.8 Å². The molecule has 2 rings (SSSR count). The number of piperidine rings is 1. The standard InChI is InChI=1S/C15H28N2O/c1-11-12(7-6-10-16-11)14(18)17-13-8-4-5-9-15(13,2)3/h11-13,16H,4-10H2,1-3H3,(H,17,18). The lowest BCUT2D eigenvalue weighted by Crippen LogP contribution is -2.53. The first-order chi connectivity index (χ1) is 8.50. The average Bonchev–Trinajstić information content (AvgIpc) is 2.32. The molecule has 1 heterocycles. The topological polar surface area (TPSA) is 41.1 Å². The van der Waals surface area contributed by atoms with Gasteiger partial charge in [-0.2, -0.15) is 0 Å². The third-order valence-electron chi connectivity index (χ3n) is 4.92.